The van der Waals surface area contributed by atoms with E-state index in [-0.39, 0.29) is 11.7 Å². The number of rotatable bonds is 3. The van der Waals surface area contributed by atoms with Crippen LogP contribution in [0.3, 0.4) is 0 Å². The molecule has 1 atom stereocenters. The number of carbonyl (C=O) groups excluding carboxylic acids is 1. The van der Waals surface area contributed by atoms with Crippen LogP contribution >= 0.6 is 0 Å². The first kappa shape index (κ1) is 11.5. The van der Waals surface area contributed by atoms with Crippen LogP contribution in [0.1, 0.15) is 28.8 Å². The maximum Gasteiger partial charge on any atom is 0.252 e. The molecule has 1 saturated carbocycles. The predicted molar refractivity (Wildman–Crippen MR) is 62.4 cm³/mol. The van der Waals surface area contributed by atoms with E-state index in [4.69, 9.17) is 5.26 Å². The smallest absolute Gasteiger partial charge is 0.252 e. The van der Waals surface area contributed by atoms with Crippen LogP contribution in [-0.4, -0.2) is 17.1 Å². The van der Waals surface area contributed by atoms with Crippen LogP contribution in [0, 0.1) is 24.2 Å². The molecule has 1 aromatic rings. The summed E-state index contributed by atoms with van der Waals surface area (Å²) in [6, 6.07) is 6.38. The van der Waals surface area contributed by atoms with Crippen molar-refractivity contribution in [3.05, 3.63) is 29.3 Å². The second-order valence-electron chi connectivity index (χ2n) is 4.42. The van der Waals surface area contributed by atoms with E-state index in [0.717, 1.165) is 12.8 Å². The zero-order chi connectivity index (χ0) is 12.4. The third-order valence-electron chi connectivity index (χ3n) is 2.98. The number of aryl methyl sites for hydroxylation is 1. The van der Waals surface area contributed by atoms with Crippen molar-refractivity contribution in [2.75, 3.05) is 0 Å². The fourth-order valence-corrected chi connectivity index (χ4v) is 1.71. The lowest BCUT2D eigenvalue weighted by Crippen LogP contribution is -2.35. The molecule has 0 aliphatic heterocycles. The minimum atomic E-state index is -0.392. The van der Waals surface area contributed by atoms with E-state index >= 15 is 0 Å². The molecule has 2 N–H and O–H groups in total. The molecule has 1 aromatic carbocycles. The van der Waals surface area contributed by atoms with Gasteiger partial charge >= 0.3 is 0 Å². The molecule has 0 aromatic heterocycles. The minimum absolute atomic E-state index is 0.167. The topological polar surface area (TPSA) is 73.1 Å². The summed E-state index contributed by atoms with van der Waals surface area (Å²) in [6.45, 7) is 1.73. The second-order valence-corrected chi connectivity index (χ2v) is 4.42. The fourth-order valence-electron chi connectivity index (χ4n) is 1.71. The minimum Gasteiger partial charge on any atom is -0.508 e. The van der Waals surface area contributed by atoms with Gasteiger partial charge < -0.3 is 10.4 Å². The summed E-state index contributed by atoms with van der Waals surface area (Å²) in [6.07, 6.45) is 2.01. The number of phenols is 1. The molecule has 0 bridgehead atoms. The summed E-state index contributed by atoms with van der Waals surface area (Å²) >= 11 is 0. The lowest BCUT2D eigenvalue weighted by molar-refractivity contribution is 0.0942. The highest BCUT2D eigenvalue weighted by molar-refractivity contribution is 5.95. The van der Waals surface area contributed by atoms with Crippen LogP contribution in [0.2, 0.25) is 0 Å². The van der Waals surface area contributed by atoms with Gasteiger partial charge in [0.25, 0.3) is 5.91 Å². The molecule has 4 nitrogen and oxygen atoms in total. The highest BCUT2D eigenvalue weighted by Gasteiger charge is 2.32. The number of phenolic OH excluding ortho intramolecular Hbond substituents is 1. The molecule has 0 heterocycles. The third-order valence-corrected chi connectivity index (χ3v) is 2.98. The Labute approximate surface area is 99.9 Å². The first-order chi connectivity index (χ1) is 8.11. The van der Waals surface area contributed by atoms with Gasteiger partial charge in [-0.15, -0.1) is 0 Å². The largest absolute Gasteiger partial charge is 0.508 e. The number of amides is 1. The second kappa shape index (κ2) is 4.46. The number of benzene rings is 1. The zero-order valence-electron chi connectivity index (χ0n) is 9.60. The maximum atomic E-state index is 11.9. The number of hydrogen-bond acceptors (Lipinski definition) is 3. The molecule has 2 rings (SSSR count). The summed E-state index contributed by atoms with van der Waals surface area (Å²) in [7, 11) is 0. The molecule has 0 radical (unpaired) electrons. The Morgan fingerprint density at radius 2 is 2.29 bits per heavy atom. The van der Waals surface area contributed by atoms with Gasteiger partial charge in [-0.05, 0) is 49.4 Å². The van der Waals surface area contributed by atoms with Crippen molar-refractivity contribution < 1.29 is 9.90 Å². The Kier molecular flexibility index (Phi) is 3.01. The first-order valence-electron chi connectivity index (χ1n) is 5.62. The van der Waals surface area contributed by atoms with Gasteiger partial charge in [-0.25, -0.2) is 0 Å². The van der Waals surface area contributed by atoms with E-state index in [1.165, 1.54) is 6.07 Å². The number of aromatic hydroxyl groups is 1. The number of nitrogens with zero attached hydrogens (tertiary/aromatic N) is 1. The fraction of sp³-hybridized carbons (Fsp3) is 0.385. The highest BCUT2D eigenvalue weighted by atomic mass is 16.3. The van der Waals surface area contributed by atoms with Gasteiger partial charge in [-0.3, -0.25) is 4.79 Å². The van der Waals surface area contributed by atoms with Gasteiger partial charge in [0.15, 0.2) is 0 Å². The van der Waals surface area contributed by atoms with Crippen LogP contribution in [0.15, 0.2) is 18.2 Å². The Balaban J connectivity index is 2.08. The Morgan fingerprint density at radius 3 is 2.82 bits per heavy atom. The molecule has 88 valence electrons. The molecule has 0 spiro atoms. The summed E-state index contributed by atoms with van der Waals surface area (Å²) in [5.74, 6) is 0.217. The highest BCUT2D eigenvalue weighted by Crippen LogP contribution is 2.32. The molecule has 1 aliphatic rings. The lowest BCUT2D eigenvalue weighted by atomic mass is 10.1. The maximum absolute atomic E-state index is 11.9. The molecule has 1 fully saturated rings. The molecule has 1 aliphatic carbocycles. The average Bonchev–Trinajstić information content (AvgIpc) is 3.13. The molecule has 17 heavy (non-hydrogen) atoms. The van der Waals surface area contributed by atoms with Gasteiger partial charge in [-0.2, -0.15) is 5.26 Å². The lowest BCUT2D eigenvalue weighted by Gasteiger charge is -2.10. The Morgan fingerprint density at radius 1 is 1.59 bits per heavy atom. The number of nitrogens with one attached hydrogen (secondary N) is 1. The van der Waals surface area contributed by atoms with Crippen LogP contribution in [0.4, 0.5) is 0 Å². The number of hydrogen-bond donors (Lipinski definition) is 2. The van der Waals surface area contributed by atoms with E-state index in [1.54, 1.807) is 19.1 Å². The van der Waals surface area contributed by atoms with Crippen molar-refractivity contribution in [1.29, 1.82) is 5.26 Å². The predicted octanol–water partition coefficient (Wildman–Crippen LogP) is 1.73. The molecule has 4 heteroatoms. The SMILES string of the molecule is Cc1cc(C(=O)NC(C#N)C2CC2)ccc1O. The van der Waals surface area contributed by atoms with Crippen molar-refractivity contribution in [3.63, 3.8) is 0 Å². The summed E-state index contributed by atoms with van der Waals surface area (Å²) in [5.41, 5.74) is 1.12. The third kappa shape index (κ3) is 2.56. The van der Waals surface area contributed by atoms with Crippen molar-refractivity contribution >= 4 is 5.91 Å². The van der Waals surface area contributed by atoms with Crippen molar-refractivity contribution in [3.8, 4) is 11.8 Å². The standard InChI is InChI=1S/C13H14N2O2/c1-8-6-10(4-5-12(8)16)13(17)15-11(7-14)9-2-3-9/h4-6,9,11,16H,2-3H2,1H3,(H,15,17). The van der Waals surface area contributed by atoms with E-state index in [9.17, 15) is 9.90 Å². The number of carbonyl (C=O) groups is 1. The van der Waals surface area contributed by atoms with Gasteiger partial charge in [-0.1, -0.05) is 0 Å². The molecule has 1 amide bonds. The Hall–Kier alpha value is -2.02. The van der Waals surface area contributed by atoms with Crippen LogP contribution in [-0.2, 0) is 0 Å². The van der Waals surface area contributed by atoms with Crippen molar-refractivity contribution in [1.82, 2.24) is 5.32 Å². The van der Waals surface area contributed by atoms with Crippen LogP contribution < -0.4 is 5.32 Å². The molecular weight excluding hydrogens is 216 g/mol. The van der Waals surface area contributed by atoms with Crippen molar-refractivity contribution in [2.24, 2.45) is 5.92 Å². The van der Waals surface area contributed by atoms with E-state index in [1.807, 2.05) is 0 Å². The van der Waals surface area contributed by atoms with E-state index < -0.39 is 6.04 Å². The normalized spacial score (nSPS) is 16.0. The van der Waals surface area contributed by atoms with Gasteiger partial charge in [0.05, 0.1) is 6.07 Å². The quantitative estimate of drug-likeness (QED) is 0.830. The van der Waals surface area contributed by atoms with Crippen LogP contribution in [0.25, 0.3) is 0 Å². The molecule has 1 unspecified atom stereocenters. The van der Waals surface area contributed by atoms with Crippen molar-refractivity contribution in [2.45, 2.75) is 25.8 Å². The van der Waals surface area contributed by atoms with Crippen LogP contribution in [0.5, 0.6) is 5.75 Å². The van der Waals surface area contributed by atoms with E-state index in [0.29, 0.717) is 17.0 Å². The number of nitriles is 1. The summed E-state index contributed by atoms with van der Waals surface area (Å²) in [4.78, 5) is 11.9. The van der Waals surface area contributed by atoms with Gasteiger partial charge in [0, 0.05) is 5.56 Å². The monoisotopic (exact) mass is 230 g/mol. The summed E-state index contributed by atoms with van der Waals surface area (Å²) in [5, 5.41) is 21.0. The van der Waals surface area contributed by atoms with E-state index in [2.05, 4.69) is 11.4 Å². The van der Waals surface area contributed by atoms with Gasteiger partial charge in [0.2, 0.25) is 0 Å². The molecular formula is C13H14N2O2. The van der Waals surface area contributed by atoms with Gasteiger partial charge in [0.1, 0.15) is 11.8 Å². The Bertz CT molecular complexity index is 487. The molecule has 0 saturated heterocycles. The first-order valence-corrected chi connectivity index (χ1v) is 5.62. The zero-order valence-corrected chi connectivity index (χ0v) is 9.60. The average molecular weight is 230 g/mol. The summed E-state index contributed by atoms with van der Waals surface area (Å²) < 4.78 is 0.